The molecular formula is C13H25N3O3. The number of ether oxygens (including phenoxy) is 3. The van der Waals surface area contributed by atoms with Gasteiger partial charge >= 0.3 is 0 Å². The third-order valence-corrected chi connectivity index (χ3v) is 2.51. The Bertz CT molecular complexity index is 318. The van der Waals surface area contributed by atoms with Gasteiger partial charge in [0, 0.05) is 12.8 Å². The van der Waals surface area contributed by atoms with Crippen molar-refractivity contribution in [2.45, 2.75) is 26.3 Å². The van der Waals surface area contributed by atoms with Crippen molar-refractivity contribution in [2.75, 3.05) is 45.4 Å². The minimum atomic E-state index is 0.534. The van der Waals surface area contributed by atoms with Crippen molar-refractivity contribution in [1.29, 1.82) is 0 Å². The van der Waals surface area contributed by atoms with Gasteiger partial charge in [0.25, 0.3) is 0 Å². The maximum Gasteiger partial charge on any atom is 0.145 e. The zero-order valence-corrected chi connectivity index (χ0v) is 11.7. The Morgan fingerprint density at radius 3 is 2.26 bits per heavy atom. The zero-order valence-electron chi connectivity index (χ0n) is 11.7. The smallest absolute Gasteiger partial charge is 0.145 e. The number of nitrogens with two attached hydrogens (primary N) is 1. The van der Waals surface area contributed by atoms with Crippen molar-refractivity contribution in [3.63, 3.8) is 0 Å². The van der Waals surface area contributed by atoms with Crippen LogP contribution in [0.5, 0.6) is 0 Å². The van der Waals surface area contributed by atoms with E-state index in [1.54, 1.807) is 10.7 Å². The molecule has 0 aliphatic rings. The largest absolute Gasteiger partial charge is 0.382 e. The average Bonchev–Trinajstić information content (AvgIpc) is 2.82. The number of unbranched alkanes of at least 4 members (excludes halogenated alkanes) is 1. The van der Waals surface area contributed by atoms with Gasteiger partial charge in [-0.3, -0.25) is 4.68 Å². The van der Waals surface area contributed by atoms with Gasteiger partial charge in [-0.05, 0) is 12.5 Å². The highest BCUT2D eigenvalue weighted by molar-refractivity contribution is 5.23. The first-order chi connectivity index (χ1) is 9.33. The van der Waals surface area contributed by atoms with Crippen LogP contribution >= 0.6 is 0 Å². The Labute approximate surface area is 114 Å². The first-order valence-corrected chi connectivity index (χ1v) is 6.85. The second-order valence-corrected chi connectivity index (χ2v) is 4.19. The lowest BCUT2D eigenvalue weighted by atomic mass is 10.4. The molecule has 0 unspecified atom stereocenters. The molecule has 0 aliphatic heterocycles. The van der Waals surface area contributed by atoms with Crippen LogP contribution in [0.3, 0.4) is 0 Å². The third-order valence-electron chi connectivity index (χ3n) is 2.51. The summed E-state index contributed by atoms with van der Waals surface area (Å²) in [7, 11) is 0. The molecule has 1 heterocycles. The molecule has 0 aromatic carbocycles. The van der Waals surface area contributed by atoms with Gasteiger partial charge in [0.15, 0.2) is 0 Å². The fourth-order valence-electron chi connectivity index (χ4n) is 1.45. The minimum absolute atomic E-state index is 0.534. The minimum Gasteiger partial charge on any atom is -0.382 e. The van der Waals surface area contributed by atoms with Crippen molar-refractivity contribution in [3.8, 4) is 0 Å². The van der Waals surface area contributed by atoms with E-state index in [0.717, 1.165) is 19.4 Å². The third kappa shape index (κ3) is 8.58. The summed E-state index contributed by atoms with van der Waals surface area (Å²) in [5, 5.41) is 4.06. The van der Waals surface area contributed by atoms with E-state index in [1.807, 2.05) is 6.20 Å². The first kappa shape index (κ1) is 15.9. The molecule has 0 saturated carbocycles. The lowest BCUT2D eigenvalue weighted by molar-refractivity contribution is 0.0123. The van der Waals surface area contributed by atoms with Gasteiger partial charge in [0.05, 0.1) is 39.6 Å². The molecule has 0 radical (unpaired) electrons. The van der Waals surface area contributed by atoms with E-state index in [9.17, 15) is 0 Å². The molecule has 0 spiro atoms. The number of aromatic nitrogens is 2. The maximum absolute atomic E-state index is 5.50. The van der Waals surface area contributed by atoms with Crippen LogP contribution in [0.15, 0.2) is 12.3 Å². The SMILES string of the molecule is CCCCOCCOCCOCCn1ccc(N)n1. The van der Waals surface area contributed by atoms with E-state index < -0.39 is 0 Å². The second-order valence-electron chi connectivity index (χ2n) is 4.19. The van der Waals surface area contributed by atoms with E-state index in [1.165, 1.54) is 0 Å². The molecule has 0 amide bonds. The quantitative estimate of drug-likeness (QED) is 0.580. The maximum atomic E-state index is 5.50. The number of anilines is 1. The Hall–Kier alpha value is -1.11. The number of hydrogen-bond acceptors (Lipinski definition) is 5. The molecule has 1 aromatic rings. The Balaban J connectivity index is 1.79. The van der Waals surface area contributed by atoms with Crippen molar-refractivity contribution >= 4 is 5.82 Å². The summed E-state index contributed by atoms with van der Waals surface area (Å²) in [6, 6.07) is 1.77. The Morgan fingerprint density at radius 2 is 1.68 bits per heavy atom. The van der Waals surface area contributed by atoms with Crippen LogP contribution < -0.4 is 5.73 Å². The number of nitrogen functional groups attached to an aromatic ring is 1. The summed E-state index contributed by atoms with van der Waals surface area (Å²) in [5.41, 5.74) is 5.50. The molecule has 1 rings (SSSR count). The summed E-state index contributed by atoms with van der Waals surface area (Å²) >= 11 is 0. The van der Waals surface area contributed by atoms with Crippen LogP contribution in [-0.2, 0) is 20.8 Å². The van der Waals surface area contributed by atoms with Gasteiger partial charge in [-0.2, -0.15) is 5.10 Å². The van der Waals surface area contributed by atoms with Crippen molar-refractivity contribution in [3.05, 3.63) is 12.3 Å². The molecule has 19 heavy (non-hydrogen) atoms. The van der Waals surface area contributed by atoms with Gasteiger partial charge in [0.1, 0.15) is 5.82 Å². The lowest BCUT2D eigenvalue weighted by Crippen LogP contribution is -2.12. The van der Waals surface area contributed by atoms with E-state index in [-0.39, 0.29) is 0 Å². The van der Waals surface area contributed by atoms with Crippen molar-refractivity contribution in [1.82, 2.24) is 9.78 Å². The molecular weight excluding hydrogens is 246 g/mol. The Kier molecular flexibility index (Phi) is 9.05. The van der Waals surface area contributed by atoms with E-state index in [4.69, 9.17) is 19.9 Å². The second kappa shape index (κ2) is 10.8. The fourth-order valence-corrected chi connectivity index (χ4v) is 1.45. The van der Waals surface area contributed by atoms with Crippen molar-refractivity contribution < 1.29 is 14.2 Å². The summed E-state index contributed by atoms with van der Waals surface area (Å²) in [6.07, 6.45) is 4.11. The van der Waals surface area contributed by atoms with E-state index >= 15 is 0 Å². The van der Waals surface area contributed by atoms with Crippen LogP contribution in [0.2, 0.25) is 0 Å². The van der Waals surface area contributed by atoms with Gasteiger partial charge in [0.2, 0.25) is 0 Å². The highest BCUT2D eigenvalue weighted by atomic mass is 16.5. The predicted octanol–water partition coefficient (Wildman–Crippen LogP) is 1.32. The monoisotopic (exact) mass is 271 g/mol. The first-order valence-electron chi connectivity index (χ1n) is 6.85. The predicted molar refractivity (Wildman–Crippen MR) is 74.0 cm³/mol. The van der Waals surface area contributed by atoms with Crippen LogP contribution in [0.25, 0.3) is 0 Å². The van der Waals surface area contributed by atoms with Crippen LogP contribution in [0.4, 0.5) is 5.82 Å². The molecule has 0 fully saturated rings. The van der Waals surface area contributed by atoms with Crippen LogP contribution in [-0.4, -0.2) is 49.4 Å². The van der Waals surface area contributed by atoms with Crippen LogP contribution in [0, 0.1) is 0 Å². The van der Waals surface area contributed by atoms with E-state index in [0.29, 0.717) is 45.4 Å². The van der Waals surface area contributed by atoms with Gasteiger partial charge in [-0.25, -0.2) is 0 Å². The molecule has 6 nitrogen and oxygen atoms in total. The van der Waals surface area contributed by atoms with Gasteiger partial charge in [-0.1, -0.05) is 13.3 Å². The molecule has 0 bridgehead atoms. The summed E-state index contributed by atoms with van der Waals surface area (Å²) in [5.74, 6) is 0.534. The van der Waals surface area contributed by atoms with Gasteiger partial charge in [-0.15, -0.1) is 0 Å². The highest BCUT2D eigenvalue weighted by Gasteiger charge is 1.95. The number of rotatable bonds is 12. The molecule has 0 atom stereocenters. The highest BCUT2D eigenvalue weighted by Crippen LogP contribution is 1.95. The summed E-state index contributed by atoms with van der Waals surface area (Å²) < 4.78 is 17.9. The molecule has 1 aromatic heterocycles. The molecule has 110 valence electrons. The summed E-state index contributed by atoms with van der Waals surface area (Å²) in [6.45, 7) is 6.76. The number of nitrogens with zero attached hydrogens (tertiary/aromatic N) is 2. The van der Waals surface area contributed by atoms with Crippen LogP contribution in [0.1, 0.15) is 19.8 Å². The Morgan fingerprint density at radius 1 is 1.05 bits per heavy atom. The normalized spacial score (nSPS) is 11.0. The molecule has 6 heteroatoms. The molecule has 0 aliphatic carbocycles. The topological polar surface area (TPSA) is 71.5 Å². The summed E-state index contributed by atoms with van der Waals surface area (Å²) in [4.78, 5) is 0. The van der Waals surface area contributed by atoms with Gasteiger partial charge < -0.3 is 19.9 Å². The van der Waals surface area contributed by atoms with Crippen molar-refractivity contribution in [2.24, 2.45) is 0 Å². The fraction of sp³-hybridized carbons (Fsp3) is 0.769. The molecule has 2 N–H and O–H groups in total. The molecule has 0 saturated heterocycles. The zero-order chi connectivity index (χ0) is 13.8. The standard InChI is InChI=1S/C13H25N3O3/c1-2-3-7-17-9-11-19-12-10-18-8-6-16-5-4-13(14)15-16/h4-5H,2-3,6-12H2,1H3,(H2,14,15). The number of hydrogen-bond donors (Lipinski definition) is 1. The lowest BCUT2D eigenvalue weighted by Gasteiger charge is -2.06. The van der Waals surface area contributed by atoms with E-state index in [2.05, 4.69) is 12.0 Å². The average molecular weight is 271 g/mol.